The number of nitrogens with one attached hydrogen (secondary N) is 1. The number of fused-ring (bicyclic) bond motifs is 1. The van der Waals surface area contributed by atoms with E-state index in [0.29, 0.717) is 6.04 Å². The Morgan fingerprint density at radius 3 is 2.81 bits per heavy atom. The topological polar surface area (TPSA) is 24.9 Å². The predicted octanol–water partition coefficient (Wildman–Crippen LogP) is 4.19. The Balaban J connectivity index is 1.73. The first-order valence-electron chi connectivity index (χ1n) is 8.32. The van der Waals surface area contributed by atoms with Crippen LogP contribution in [0.3, 0.4) is 0 Å². The highest BCUT2D eigenvalue weighted by Gasteiger charge is 2.29. The van der Waals surface area contributed by atoms with Crippen LogP contribution in [0.25, 0.3) is 10.9 Å². The molecule has 3 rings (SSSR count). The van der Waals surface area contributed by atoms with E-state index in [1.165, 1.54) is 36.8 Å². The van der Waals surface area contributed by atoms with Crippen LogP contribution in [0.2, 0.25) is 0 Å². The standard InChI is InChI=1S/C19H26N2/c1-3-14-8-9-16(12-14)19(20-2)13-17-11-10-15-6-4-5-7-18(15)21-17/h4-7,10-11,14,16,19-20H,3,8-9,12-13H2,1-2H3. The molecule has 2 heteroatoms. The van der Waals surface area contributed by atoms with Gasteiger partial charge in [-0.2, -0.15) is 0 Å². The van der Waals surface area contributed by atoms with Gasteiger partial charge in [0.05, 0.1) is 5.52 Å². The van der Waals surface area contributed by atoms with Crippen LogP contribution in [0.4, 0.5) is 0 Å². The summed E-state index contributed by atoms with van der Waals surface area (Å²) in [5.74, 6) is 1.75. The lowest BCUT2D eigenvalue weighted by Gasteiger charge is -2.23. The van der Waals surface area contributed by atoms with E-state index < -0.39 is 0 Å². The lowest BCUT2D eigenvalue weighted by atomic mass is 9.92. The number of likely N-dealkylation sites (N-methyl/N-ethyl adjacent to an activating group) is 1. The van der Waals surface area contributed by atoms with E-state index in [0.717, 1.165) is 23.8 Å². The summed E-state index contributed by atoms with van der Waals surface area (Å²) in [6.45, 7) is 2.33. The summed E-state index contributed by atoms with van der Waals surface area (Å²) in [6.07, 6.45) is 6.54. The van der Waals surface area contributed by atoms with Crippen molar-refractivity contribution >= 4 is 10.9 Å². The molecule has 21 heavy (non-hydrogen) atoms. The SMILES string of the molecule is CCC1CCC(C(Cc2ccc3ccccc3n2)NC)C1. The Kier molecular flexibility index (Phi) is 4.54. The molecular formula is C19H26N2. The molecule has 1 fully saturated rings. The highest BCUT2D eigenvalue weighted by Crippen LogP contribution is 2.35. The summed E-state index contributed by atoms with van der Waals surface area (Å²) in [6, 6.07) is 13.3. The average Bonchev–Trinajstić information content (AvgIpc) is 3.01. The van der Waals surface area contributed by atoms with Gasteiger partial charge in [0.2, 0.25) is 0 Å². The zero-order valence-corrected chi connectivity index (χ0v) is 13.2. The van der Waals surface area contributed by atoms with Gasteiger partial charge in [-0.05, 0) is 43.9 Å². The molecule has 0 amide bonds. The highest BCUT2D eigenvalue weighted by molar-refractivity contribution is 5.78. The normalized spacial score (nSPS) is 23.5. The van der Waals surface area contributed by atoms with E-state index in [1.807, 2.05) is 0 Å². The van der Waals surface area contributed by atoms with Crippen LogP contribution < -0.4 is 5.32 Å². The number of hydrogen-bond donors (Lipinski definition) is 1. The first kappa shape index (κ1) is 14.5. The van der Waals surface area contributed by atoms with Gasteiger partial charge >= 0.3 is 0 Å². The molecule has 1 aliphatic carbocycles. The van der Waals surface area contributed by atoms with Crippen molar-refractivity contribution in [1.82, 2.24) is 10.3 Å². The number of nitrogens with zero attached hydrogens (tertiary/aromatic N) is 1. The maximum atomic E-state index is 4.83. The number of rotatable bonds is 5. The maximum absolute atomic E-state index is 4.83. The lowest BCUT2D eigenvalue weighted by molar-refractivity contribution is 0.360. The molecule has 1 aromatic carbocycles. The zero-order chi connectivity index (χ0) is 14.7. The third-order valence-corrected chi connectivity index (χ3v) is 5.18. The van der Waals surface area contributed by atoms with Crippen molar-refractivity contribution in [2.45, 2.75) is 45.1 Å². The first-order chi connectivity index (χ1) is 10.3. The predicted molar refractivity (Wildman–Crippen MR) is 89.4 cm³/mol. The van der Waals surface area contributed by atoms with Gasteiger partial charge in [-0.25, -0.2) is 0 Å². The molecule has 0 bridgehead atoms. The Morgan fingerprint density at radius 1 is 1.19 bits per heavy atom. The van der Waals surface area contributed by atoms with E-state index in [1.54, 1.807) is 0 Å². The number of benzene rings is 1. The van der Waals surface area contributed by atoms with Gasteiger partial charge in [-0.1, -0.05) is 44.0 Å². The smallest absolute Gasteiger partial charge is 0.0705 e. The van der Waals surface area contributed by atoms with Crippen LogP contribution in [0, 0.1) is 11.8 Å². The van der Waals surface area contributed by atoms with Crippen molar-refractivity contribution < 1.29 is 0 Å². The first-order valence-corrected chi connectivity index (χ1v) is 8.32. The third kappa shape index (κ3) is 3.26. The van der Waals surface area contributed by atoms with Crippen LogP contribution in [-0.2, 0) is 6.42 Å². The molecule has 2 nitrogen and oxygen atoms in total. The van der Waals surface area contributed by atoms with E-state index in [9.17, 15) is 0 Å². The van der Waals surface area contributed by atoms with Crippen LogP contribution in [0.5, 0.6) is 0 Å². The Labute approximate surface area is 128 Å². The second-order valence-electron chi connectivity index (χ2n) is 6.44. The van der Waals surface area contributed by atoms with Crippen molar-refractivity contribution in [1.29, 1.82) is 0 Å². The number of pyridine rings is 1. The Morgan fingerprint density at radius 2 is 2.05 bits per heavy atom. The van der Waals surface area contributed by atoms with Crippen LogP contribution in [-0.4, -0.2) is 18.1 Å². The summed E-state index contributed by atoms with van der Waals surface area (Å²) in [7, 11) is 2.10. The molecule has 1 saturated carbocycles. The summed E-state index contributed by atoms with van der Waals surface area (Å²) in [5.41, 5.74) is 2.33. The molecule has 1 aliphatic rings. The molecule has 1 heterocycles. The molecule has 1 aromatic heterocycles. The van der Waals surface area contributed by atoms with Gasteiger partial charge in [0.25, 0.3) is 0 Å². The van der Waals surface area contributed by atoms with Gasteiger partial charge in [0, 0.05) is 23.5 Å². The maximum Gasteiger partial charge on any atom is 0.0705 e. The summed E-state index contributed by atoms with van der Waals surface area (Å²) in [5, 5.41) is 4.78. The molecular weight excluding hydrogens is 256 g/mol. The fraction of sp³-hybridized carbons (Fsp3) is 0.526. The molecule has 3 unspecified atom stereocenters. The van der Waals surface area contributed by atoms with Gasteiger partial charge in [-0.3, -0.25) is 4.98 Å². The number of hydrogen-bond acceptors (Lipinski definition) is 2. The Bertz CT molecular complexity index is 593. The molecule has 112 valence electrons. The van der Waals surface area contributed by atoms with Gasteiger partial charge < -0.3 is 5.32 Å². The fourth-order valence-corrected chi connectivity index (χ4v) is 3.80. The number of aromatic nitrogens is 1. The van der Waals surface area contributed by atoms with Crippen molar-refractivity contribution in [3.63, 3.8) is 0 Å². The van der Waals surface area contributed by atoms with Gasteiger partial charge in [0.1, 0.15) is 0 Å². The Hall–Kier alpha value is -1.41. The van der Waals surface area contributed by atoms with Crippen molar-refractivity contribution in [2.24, 2.45) is 11.8 Å². The second-order valence-corrected chi connectivity index (χ2v) is 6.44. The van der Waals surface area contributed by atoms with Crippen molar-refractivity contribution in [3.05, 3.63) is 42.1 Å². The zero-order valence-electron chi connectivity index (χ0n) is 13.2. The molecule has 0 aliphatic heterocycles. The van der Waals surface area contributed by atoms with Crippen LogP contribution in [0.15, 0.2) is 36.4 Å². The van der Waals surface area contributed by atoms with Gasteiger partial charge in [0.15, 0.2) is 0 Å². The van der Waals surface area contributed by atoms with E-state index in [-0.39, 0.29) is 0 Å². The minimum Gasteiger partial charge on any atom is -0.316 e. The van der Waals surface area contributed by atoms with E-state index >= 15 is 0 Å². The molecule has 3 atom stereocenters. The monoisotopic (exact) mass is 282 g/mol. The summed E-state index contributed by atoms with van der Waals surface area (Å²) in [4.78, 5) is 4.83. The lowest BCUT2D eigenvalue weighted by Crippen LogP contribution is -2.34. The quantitative estimate of drug-likeness (QED) is 0.889. The van der Waals surface area contributed by atoms with Crippen molar-refractivity contribution in [3.8, 4) is 0 Å². The molecule has 0 radical (unpaired) electrons. The van der Waals surface area contributed by atoms with Crippen LogP contribution >= 0.6 is 0 Å². The minimum atomic E-state index is 0.565. The summed E-state index contributed by atoms with van der Waals surface area (Å²) >= 11 is 0. The van der Waals surface area contributed by atoms with Crippen molar-refractivity contribution in [2.75, 3.05) is 7.05 Å². The molecule has 2 aromatic rings. The number of para-hydroxylation sites is 1. The summed E-state index contributed by atoms with van der Waals surface area (Å²) < 4.78 is 0. The fourth-order valence-electron chi connectivity index (χ4n) is 3.80. The highest BCUT2D eigenvalue weighted by atomic mass is 14.9. The van der Waals surface area contributed by atoms with Gasteiger partial charge in [-0.15, -0.1) is 0 Å². The molecule has 0 spiro atoms. The van der Waals surface area contributed by atoms with Crippen LogP contribution in [0.1, 0.15) is 38.3 Å². The van der Waals surface area contributed by atoms with E-state index in [4.69, 9.17) is 4.98 Å². The average molecular weight is 282 g/mol. The second kappa shape index (κ2) is 6.57. The largest absolute Gasteiger partial charge is 0.316 e. The third-order valence-electron chi connectivity index (χ3n) is 5.18. The molecule has 1 N–H and O–H groups in total. The minimum absolute atomic E-state index is 0.565. The van der Waals surface area contributed by atoms with E-state index in [2.05, 4.69) is 55.7 Å². The molecule has 0 saturated heterocycles.